The van der Waals surface area contributed by atoms with E-state index in [1.54, 1.807) is 13.8 Å². The molecule has 1 aliphatic heterocycles. The van der Waals surface area contributed by atoms with Crippen molar-refractivity contribution in [3.05, 3.63) is 0 Å². The van der Waals surface area contributed by atoms with Gasteiger partial charge < -0.3 is 9.84 Å². The lowest BCUT2D eigenvalue weighted by atomic mass is 10.2. The highest BCUT2D eigenvalue weighted by atomic mass is 16.5. The average Bonchev–Trinajstić information content (AvgIpc) is 2.59. The Labute approximate surface area is 112 Å². The Balaban J connectivity index is 2.82. The minimum atomic E-state index is -1.03. The Kier molecular flexibility index (Phi) is 5.44. The Morgan fingerprint density at radius 1 is 1.53 bits per heavy atom. The summed E-state index contributed by atoms with van der Waals surface area (Å²) < 4.78 is 4.91. The zero-order valence-electron chi connectivity index (χ0n) is 11.5. The number of carbonyl (C=O) groups excluding carboxylic acids is 2. The van der Waals surface area contributed by atoms with Crippen molar-refractivity contribution in [2.45, 2.75) is 32.4 Å². The van der Waals surface area contributed by atoms with E-state index in [1.165, 1.54) is 16.9 Å². The Morgan fingerprint density at radius 2 is 2.16 bits per heavy atom. The minimum absolute atomic E-state index is 0.0357. The van der Waals surface area contributed by atoms with Crippen LogP contribution in [0.1, 0.15) is 20.3 Å². The normalized spacial score (nSPS) is 19.8. The van der Waals surface area contributed by atoms with E-state index in [-0.39, 0.29) is 30.8 Å². The van der Waals surface area contributed by atoms with Gasteiger partial charge in [-0.15, -0.1) is 0 Å². The smallest absolute Gasteiger partial charge is 0.317 e. The van der Waals surface area contributed by atoms with Crippen molar-refractivity contribution in [3.63, 3.8) is 0 Å². The third-order valence-corrected chi connectivity index (χ3v) is 3.04. The number of hydrogen-bond donors (Lipinski definition) is 1. The van der Waals surface area contributed by atoms with Gasteiger partial charge in [0.1, 0.15) is 0 Å². The van der Waals surface area contributed by atoms with Gasteiger partial charge in [0.2, 0.25) is 11.8 Å². The summed E-state index contributed by atoms with van der Waals surface area (Å²) in [6.07, 6.45) is 0.0357. The molecule has 0 bridgehead atoms. The molecule has 1 fully saturated rings. The van der Waals surface area contributed by atoms with Gasteiger partial charge in [-0.3, -0.25) is 24.2 Å². The maximum absolute atomic E-state index is 12.2. The lowest BCUT2D eigenvalue weighted by Gasteiger charge is -2.26. The largest absolute Gasteiger partial charge is 0.480 e. The van der Waals surface area contributed by atoms with Gasteiger partial charge in [-0.1, -0.05) is 0 Å². The molecule has 7 heteroatoms. The van der Waals surface area contributed by atoms with Crippen LogP contribution in [0.15, 0.2) is 0 Å². The van der Waals surface area contributed by atoms with Crippen molar-refractivity contribution in [1.29, 1.82) is 0 Å². The molecule has 7 nitrogen and oxygen atoms in total. The molecule has 0 aromatic rings. The minimum Gasteiger partial charge on any atom is -0.480 e. The summed E-state index contributed by atoms with van der Waals surface area (Å²) >= 11 is 0. The number of imide groups is 1. The lowest BCUT2D eigenvalue weighted by molar-refractivity contribution is -0.142. The first kappa shape index (κ1) is 15.6. The molecule has 0 spiro atoms. The van der Waals surface area contributed by atoms with Crippen LogP contribution in [0.5, 0.6) is 0 Å². The number of carboxylic acid groups (broad SMARTS) is 1. The highest BCUT2D eigenvalue weighted by molar-refractivity contribution is 6.05. The molecule has 19 heavy (non-hydrogen) atoms. The fourth-order valence-corrected chi connectivity index (χ4v) is 2.19. The van der Waals surface area contributed by atoms with Gasteiger partial charge in [0.05, 0.1) is 25.6 Å². The van der Waals surface area contributed by atoms with Crippen molar-refractivity contribution in [3.8, 4) is 0 Å². The van der Waals surface area contributed by atoms with Gasteiger partial charge in [-0.25, -0.2) is 0 Å². The van der Waals surface area contributed by atoms with Crippen LogP contribution in [0, 0.1) is 0 Å². The quantitative estimate of drug-likeness (QED) is 0.632. The Bertz CT molecular complexity index is 369. The van der Waals surface area contributed by atoms with Crippen LogP contribution in [0.4, 0.5) is 0 Å². The number of methoxy groups -OCH3 is 1. The van der Waals surface area contributed by atoms with Crippen molar-refractivity contribution in [1.82, 2.24) is 9.80 Å². The molecule has 1 heterocycles. The first-order valence-electron chi connectivity index (χ1n) is 6.19. The van der Waals surface area contributed by atoms with Crippen LogP contribution in [-0.2, 0) is 19.1 Å². The van der Waals surface area contributed by atoms with Gasteiger partial charge in [-0.2, -0.15) is 0 Å². The Hall–Kier alpha value is -1.47. The van der Waals surface area contributed by atoms with E-state index in [0.29, 0.717) is 13.2 Å². The second kappa shape index (κ2) is 6.63. The maximum Gasteiger partial charge on any atom is 0.317 e. The summed E-state index contributed by atoms with van der Waals surface area (Å²) in [4.78, 5) is 37.5. The van der Waals surface area contributed by atoms with Crippen LogP contribution in [0.2, 0.25) is 0 Å². The number of likely N-dealkylation sites (tertiary alicyclic amines) is 1. The number of rotatable bonds is 7. The molecule has 1 atom stereocenters. The van der Waals surface area contributed by atoms with E-state index in [0.717, 1.165) is 0 Å². The van der Waals surface area contributed by atoms with Crippen LogP contribution < -0.4 is 0 Å². The van der Waals surface area contributed by atoms with E-state index in [2.05, 4.69) is 0 Å². The van der Waals surface area contributed by atoms with Gasteiger partial charge in [-0.05, 0) is 13.8 Å². The number of carbonyl (C=O) groups is 3. The Morgan fingerprint density at radius 3 is 2.58 bits per heavy atom. The fraction of sp³-hybridized carbons (Fsp3) is 0.750. The van der Waals surface area contributed by atoms with Crippen molar-refractivity contribution in [2.24, 2.45) is 0 Å². The van der Waals surface area contributed by atoms with Gasteiger partial charge >= 0.3 is 5.97 Å². The van der Waals surface area contributed by atoms with Crippen LogP contribution in [0.3, 0.4) is 0 Å². The summed E-state index contributed by atoms with van der Waals surface area (Å²) in [7, 11) is 1.50. The van der Waals surface area contributed by atoms with Gasteiger partial charge in [0, 0.05) is 19.7 Å². The average molecular weight is 272 g/mol. The highest BCUT2D eigenvalue weighted by Crippen LogP contribution is 2.20. The molecule has 0 aromatic carbocycles. The van der Waals surface area contributed by atoms with E-state index in [4.69, 9.17) is 9.84 Å². The second-order valence-corrected chi connectivity index (χ2v) is 4.77. The number of aliphatic carboxylic acids is 1. The van der Waals surface area contributed by atoms with Gasteiger partial charge in [0.25, 0.3) is 0 Å². The summed E-state index contributed by atoms with van der Waals surface area (Å²) in [5, 5.41) is 8.88. The molecule has 108 valence electrons. The monoisotopic (exact) mass is 272 g/mol. The molecule has 1 N–H and O–H groups in total. The third kappa shape index (κ3) is 3.74. The summed E-state index contributed by atoms with van der Waals surface area (Å²) in [5.74, 6) is -1.60. The molecule has 1 aliphatic rings. The standard InChI is InChI=1S/C12H20N2O5/c1-8(2)14-10(15)6-9(12(14)18)13(4-5-19-3)7-11(16)17/h8-9H,4-7H2,1-3H3,(H,16,17). The summed E-state index contributed by atoms with van der Waals surface area (Å²) in [5.41, 5.74) is 0. The predicted molar refractivity (Wildman–Crippen MR) is 66.5 cm³/mol. The first-order valence-corrected chi connectivity index (χ1v) is 6.19. The number of amides is 2. The fourth-order valence-electron chi connectivity index (χ4n) is 2.19. The highest BCUT2D eigenvalue weighted by Gasteiger charge is 2.43. The zero-order valence-corrected chi connectivity index (χ0v) is 11.5. The number of nitrogens with zero attached hydrogens (tertiary/aromatic N) is 2. The van der Waals surface area contributed by atoms with E-state index in [9.17, 15) is 14.4 Å². The first-order chi connectivity index (χ1) is 8.88. The third-order valence-electron chi connectivity index (χ3n) is 3.04. The lowest BCUT2D eigenvalue weighted by Crippen LogP contribution is -2.47. The molecule has 0 radical (unpaired) electrons. The molecule has 0 aromatic heterocycles. The molecule has 0 aliphatic carbocycles. The van der Waals surface area contributed by atoms with Crippen molar-refractivity contribution < 1.29 is 24.2 Å². The SMILES string of the molecule is COCCN(CC(=O)O)C1CC(=O)N(C(C)C)C1=O. The van der Waals surface area contributed by atoms with Crippen LogP contribution >= 0.6 is 0 Å². The number of carboxylic acids is 1. The van der Waals surface area contributed by atoms with E-state index < -0.39 is 12.0 Å². The zero-order chi connectivity index (χ0) is 14.6. The van der Waals surface area contributed by atoms with Crippen LogP contribution in [0.25, 0.3) is 0 Å². The van der Waals surface area contributed by atoms with Crippen molar-refractivity contribution >= 4 is 17.8 Å². The predicted octanol–water partition coefficient (Wildman–Crippen LogP) is -0.445. The molecule has 2 amide bonds. The molecule has 1 rings (SSSR count). The topological polar surface area (TPSA) is 87.2 Å². The number of hydrogen-bond acceptors (Lipinski definition) is 5. The van der Waals surface area contributed by atoms with Gasteiger partial charge in [0.15, 0.2) is 0 Å². The maximum atomic E-state index is 12.2. The van der Waals surface area contributed by atoms with Crippen molar-refractivity contribution in [2.75, 3.05) is 26.8 Å². The molecule has 0 saturated carbocycles. The van der Waals surface area contributed by atoms with Crippen LogP contribution in [-0.4, -0.2) is 71.6 Å². The number of ether oxygens (including phenoxy) is 1. The molecule has 1 unspecified atom stereocenters. The summed E-state index contributed by atoms with van der Waals surface area (Å²) in [6, 6.07) is -0.903. The second-order valence-electron chi connectivity index (χ2n) is 4.77. The van der Waals surface area contributed by atoms with E-state index >= 15 is 0 Å². The molecule has 1 saturated heterocycles. The van der Waals surface area contributed by atoms with E-state index in [1.807, 2.05) is 0 Å². The molecular weight excluding hydrogens is 252 g/mol. The molecular formula is C12H20N2O5. The summed E-state index contributed by atoms with van der Waals surface area (Å²) in [6.45, 7) is 3.86.